The fourth-order valence-electron chi connectivity index (χ4n) is 3.97. The van der Waals surface area contributed by atoms with E-state index in [1.54, 1.807) is 12.1 Å². The molecular weight excluding hydrogens is 353 g/mol. The average Bonchev–Trinajstić information content (AvgIpc) is 3.10. The largest absolute Gasteiger partial charge is 0.361 e. The molecule has 0 amide bonds. The van der Waals surface area contributed by atoms with Crippen LogP contribution in [-0.4, -0.2) is 55.1 Å². The molecule has 1 fully saturated rings. The monoisotopic (exact) mass is 387 g/mol. The van der Waals surface area contributed by atoms with Crippen LogP contribution in [-0.2, 0) is 6.42 Å². The van der Waals surface area contributed by atoms with Gasteiger partial charge in [0.1, 0.15) is 5.82 Å². The first-order valence-electron chi connectivity index (χ1n) is 10.7. The van der Waals surface area contributed by atoms with E-state index < -0.39 is 0 Å². The van der Waals surface area contributed by atoms with Crippen LogP contribution in [0.3, 0.4) is 0 Å². The third-order valence-corrected chi connectivity index (χ3v) is 5.72. The first-order valence-corrected chi connectivity index (χ1v) is 10.7. The van der Waals surface area contributed by atoms with E-state index in [4.69, 9.17) is 4.99 Å². The van der Waals surface area contributed by atoms with Crippen LogP contribution in [0.2, 0.25) is 0 Å². The molecule has 0 spiro atoms. The number of hydrogen-bond donors (Lipinski definition) is 3. The van der Waals surface area contributed by atoms with Gasteiger partial charge in [-0.15, -0.1) is 0 Å². The Kier molecular flexibility index (Phi) is 7.71. The molecule has 3 N–H and O–H groups in total. The van der Waals surface area contributed by atoms with Crippen molar-refractivity contribution < 1.29 is 4.39 Å². The van der Waals surface area contributed by atoms with Crippen LogP contribution in [0.4, 0.5) is 4.39 Å². The predicted molar refractivity (Wildman–Crippen MR) is 115 cm³/mol. The van der Waals surface area contributed by atoms with Gasteiger partial charge in [-0.1, -0.05) is 6.92 Å². The predicted octanol–water partition coefficient (Wildman–Crippen LogP) is 3.53. The van der Waals surface area contributed by atoms with E-state index in [-0.39, 0.29) is 5.82 Å². The van der Waals surface area contributed by atoms with Crippen molar-refractivity contribution in [2.24, 2.45) is 10.9 Å². The molecule has 1 aromatic carbocycles. The van der Waals surface area contributed by atoms with E-state index >= 15 is 0 Å². The number of H-pyrrole nitrogens is 1. The number of likely N-dealkylation sites (tertiary alicyclic amines) is 1. The van der Waals surface area contributed by atoms with E-state index in [9.17, 15) is 4.39 Å². The number of aromatic nitrogens is 1. The zero-order valence-electron chi connectivity index (χ0n) is 17.2. The number of aliphatic imine (C=N–C) groups is 1. The van der Waals surface area contributed by atoms with E-state index in [0.717, 1.165) is 60.8 Å². The third kappa shape index (κ3) is 5.71. The van der Waals surface area contributed by atoms with Gasteiger partial charge in [0, 0.05) is 36.7 Å². The maximum Gasteiger partial charge on any atom is 0.191 e. The van der Waals surface area contributed by atoms with Gasteiger partial charge in [-0.3, -0.25) is 4.99 Å². The number of guanidine groups is 1. The summed E-state index contributed by atoms with van der Waals surface area (Å²) in [5.74, 6) is 1.48. The Morgan fingerprint density at radius 3 is 2.82 bits per heavy atom. The highest BCUT2D eigenvalue weighted by atomic mass is 19.1. The van der Waals surface area contributed by atoms with Crippen molar-refractivity contribution in [2.75, 3.05) is 39.3 Å². The molecule has 6 heteroatoms. The number of nitrogens with one attached hydrogen (secondary N) is 3. The van der Waals surface area contributed by atoms with Gasteiger partial charge in [0.25, 0.3) is 0 Å². The van der Waals surface area contributed by atoms with Crippen molar-refractivity contribution in [3.05, 3.63) is 35.8 Å². The zero-order chi connectivity index (χ0) is 19.8. The lowest BCUT2D eigenvalue weighted by Gasteiger charge is -2.30. The second-order valence-electron chi connectivity index (χ2n) is 7.61. The lowest BCUT2D eigenvalue weighted by molar-refractivity contribution is 0.188. The Balaban J connectivity index is 1.46. The quantitative estimate of drug-likeness (QED) is 0.480. The molecule has 0 atom stereocenters. The van der Waals surface area contributed by atoms with Gasteiger partial charge in [-0.2, -0.15) is 0 Å². The van der Waals surface area contributed by atoms with Gasteiger partial charge in [0.2, 0.25) is 0 Å². The second-order valence-corrected chi connectivity index (χ2v) is 7.61. The zero-order valence-corrected chi connectivity index (χ0v) is 17.2. The number of rotatable bonds is 8. The fourth-order valence-corrected chi connectivity index (χ4v) is 3.97. The average molecular weight is 388 g/mol. The highest BCUT2D eigenvalue weighted by molar-refractivity contribution is 5.83. The van der Waals surface area contributed by atoms with Gasteiger partial charge in [-0.05, 0) is 81.9 Å². The SMILES string of the molecule is CCNC(=NCCC1CCN(CC)CC1)NCCc1c[nH]c2ccc(F)cc12. The smallest absolute Gasteiger partial charge is 0.191 e. The molecule has 5 nitrogen and oxygen atoms in total. The summed E-state index contributed by atoms with van der Waals surface area (Å²) in [6, 6.07) is 4.88. The van der Waals surface area contributed by atoms with Crippen molar-refractivity contribution in [3.63, 3.8) is 0 Å². The lowest BCUT2D eigenvalue weighted by atomic mass is 9.94. The summed E-state index contributed by atoms with van der Waals surface area (Å²) in [7, 11) is 0. The third-order valence-electron chi connectivity index (χ3n) is 5.72. The minimum absolute atomic E-state index is 0.194. The highest BCUT2D eigenvalue weighted by Gasteiger charge is 2.17. The second kappa shape index (κ2) is 10.5. The van der Waals surface area contributed by atoms with E-state index in [0.29, 0.717) is 0 Å². The Labute approximate surface area is 167 Å². The summed E-state index contributed by atoms with van der Waals surface area (Å²) < 4.78 is 13.5. The van der Waals surface area contributed by atoms with Crippen LogP contribution in [0.25, 0.3) is 10.9 Å². The van der Waals surface area contributed by atoms with Gasteiger partial charge in [-0.25, -0.2) is 4.39 Å². The number of nitrogens with zero attached hydrogens (tertiary/aromatic N) is 2. The normalized spacial score (nSPS) is 16.6. The van der Waals surface area contributed by atoms with Crippen molar-refractivity contribution in [1.29, 1.82) is 0 Å². The number of aromatic amines is 1. The van der Waals surface area contributed by atoms with Crippen molar-refractivity contribution in [2.45, 2.75) is 39.5 Å². The number of piperidine rings is 1. The molecule has 1 aliphatic heterocycles. The van der Waals surface area contributed by atoms with Crippen LogP contribution in [0, 0.1) is 11.7 Å². The van der Waals surface area contributed by atoms with Gasteiger partial charge >= 0.3 is 0 Å². The minimum atomic E-state index is -0.194. The van der Waals surface area contributed by atoms with E-state index in [2.05, 4.69) is 34.4 Å². The summed E-state index contributed by atoms with van der Waals surface area (Å²) in [5, 5.41) is 7.70. The summed E-state index contributed by atoms with van der Waals surface area (Å²) in [6.45, 7) is 10.4. The van der Waals surface area contributed by atoms with Crippen LogP contribution in [0.1, 0.15) is 38.7 Å². The van der Waals surface area contributed by atoms with Gasteiger partial charge in [0.15, 0.2) is 5.96 Å². The molecule has 1 saturated heterocycles. The molecule has 0 bridgehead atoms. The van der Waals surface area contributed by atoms with Crippen LogP contribution >= 0.6 is 0 Å². The Hall–Kier alpha value is -2.08. The molecule has 1 aliphatic rings. The number of halogens is 1. The molecule has 154 valence electrons. The molecule has 3 rings (SSSR count). The molecule has 0 radical (unpaired) electrons. The first kappa shape index (κ1) is 20.6. The topological polar surface area (TPSA) is 55.5 Å². The summed E-state index contributed by atoms with van der Waals surface area (Å²) in [4.78, 5) is 10.5. The molecule has 2 aromatic rings. The maximum absolute atomic E-state index is 13.5. The Morgan fingerprint density at radius 2 is 2.07 bits per heavy atom. The number of hydrogen-bond acceptors (Lipinski definition) is 2. The molecule has 0 unspecified atom stereocenters. The summed E-state index contributed by atoms with van der Waals surface area (Å²) >= 11 is 0. The van der Waals surface area contributed by atoms with E-state index in [1.807, 2.05) is 6.20 Å². The first-order chi connectivity index (χ1) is 13.7. The van der Waals surface area contributed by atoms with Gasteiger partial charge in [0.05, 0.1) is 0 Å². The maximum atomic E-state index is 13.5. The highest BCUT2D eigenvalue weighted by Crippen LogP contribution is 2.20. The summed E-state index contributed by atoms with van der Waals surface area (Å²) in [5.41, 5.74) is 2.10. The molecule has 1 aromatic heterocycles. The van der Waals surface area contributed by atoms with E-state index in [1.165, 1.54) is 38.5 Å². The fraction of sp³-hybridized carbons (Fsp3) is 0.591. The molecule has 2 heterocycles. The Morgan fingerprint density at radius 1 is 1.25 bits per heavy atom. The van der Waals surface area contributed by atoms with Crippen molar-refractivity contribution >= 4 is 16.9 Å². The number of benzene rings is 1. The van der Waals surface area contributed by atoms with Crippen molar-refractivity contribution in [1.82, 2.24) is 20.5 Å². The number of fused-ring (bicyclic) bond motifs is 1. The molecule has 0 saturated carbocycles. The van der Waals surface area contributed by atoms with Crippen LogP contribution < -0.4 is 10.6 Å². The lowest BCUT2D eigenvalue weighted by Crippen LogP contribution is -2.38. The summed E-state index contributed by atoms with van der Waals surface area (Å²) in [6.07, 6.45) is 6.55. The molecule has 28 heavy (non-hydrogen) atoms. The van der Waals surface area contributed by atoms with Crippen molar-refractivity contribution in [3.8, 4) is 0 Å². The van der Waals surface area contributed by atoms with Crippen LogP contribution in [0.5, 0.6) is 0 Å². The molecule has 0 aliphatic carbocycles. The Bertz CT molecular complexity index is 761. The van der Waals surface area contributed by atoms with Gasteiger partial charge < -0.3 is 20.5 Å². The standard InChI is InChI=1S/C22H34FN5/c1-3-24-22(25-11-7-17-9-13-28(4-2)14-10-17)26-12-8-18-16-27-21-6-5-19(23)15-20(18)21/h5-6,15-17,27H,3-4,7-14H2,1-2H3,(H2,24,25,26). The molecular formula is C22H34FN5. The van der Waals surface area contributed by atoms with Crippen LogP contribution in [0.15, 0.2) is 29.4 Å². The minimum Gasteiger partial charge on any atom is -0.361 e.